The van der Waals surface area contributed by atoms with Crippen molar-refractivity contribution >= 4 is 18.3 Å². The van der Waals surface area contributed by atoms with Crippen LogP contribution >= 0.6 is 12.4 Å². The lowest BCUT2D eigenvalue weighted by Gasteiger charge is -2.15. The summed E-state index contributed by atoms with van der Waals surface area (Å²) >= 11 is 0. The third-order valence-corrected chi connectivity index (χ3v) is 3.20. The van der Waals surface area contributed by atoms with E-state index in [0.29, 0.717) is 6.54 Å². The minimum absolute atomic E-state index is 0. The molecule has 1 aromatic carbocycles. The summed E-state index contributed by atoms with van der Waals surface area (Å²) in [4.78, 5) is 11.6. The Morgan fingerprint density at radius 3 is 2.78 bits per heavy atom. The Balaban J connectivity index is 0.00000264. The van der Waals surface area contributed by atoms with Crippen LogP contribution in [0.3, 0.4) is 0 Å². The molecule has 1 amide bonds. The number of alkyl halides is 3. The number of nitrogens with one attached hydrogen (secondary N) is 2. The van der Waals surface area contributed by atoms with E-state index in [1.54, 1.807) is 0 Å². The van der Waals surface area contributed by atoms with E-state index >= 15 is 0 Å². The maximum absolute atomic E-state index is 12.5. The molecule has 2 rings (SSSR count). The molecule has 8 heteroatoms. The average molecular weight is 351 g/mol. The van der Waals surface area contributed by atoms with Gasteiger partial charge in [-0.05, 0) is 31.2 Å². The first kappa shape index (κ1) is 19.3. The van der Waals surface area contributed by atoms with Gasteiger partial charge < -0.3 is 15.4 Å². The molecule has 2 N–H and O–H groups in total. The number of ether oxygens (including phenoxy) is 1. The molecule has 0 unspecified atom stereocenters. The van der Waals surface area contributed by atoms with E-state index in [9.17, 15) is 18.0 Å². The van der Waals surface area contributed by atoms with Gasteiger partial charge in [0, 0.05) is 13.1 Å². The summed E-state index contributed by atoms with van der Waals surface area (Å²) in [5.41, 5.74) is 0.330. The summed E-state index contributed by atoms with van der Waals surface area (Å²) in [7, 11) is 0. The molecule has 0 bridgehead atoms. The molecular weight excluding hydrogens is 333 g/mol. The van der Waals surface area contributed by atoms with Crippen molar-refractivity contribution in [3.05, 3.63) is 41.5 Å². The molecule has 1 aliphatic heterocycles. The van der Waals surface area contributed by atoms with E-state index in [2.05, 4.69) is 10.6 Å². The van der Waals surface area contributed by atoms with Crippen molar-refractivity contribution in [1.29, 1.82) is 0 Å². The minimum Gasteiger partial charge on any atom is -0.484 e. The highest BCUT2D eigenvalue weighted by Gasteiger charge is 2.30. The molecule has 0 aliphatic carbocycles. The molecule has 0 spiro atoms. The molecule has 1 heterocycles. The van der Waals surface area contributed by atoms with E-state index in [1.807, 2.05) is 6.08 Å². The predicted octanol–water partition coefficient (Wildman–Crippen LogP) is 2.54. The van der Waals surface area contributed by atoms with E-state index in [-0.39, 0.29) is 30.7 Å². The number of amides is 1. The first-order chi connectivity index (χ1) is 10.4. The quantitative estimate of drug-likeness (QED) is 0.802. The van der Waals surface area contributed by atoms with Crippen LogP contribution in [0.5, 0.6) is 5.75 Å². The van der Waals surface area contributed by atoms with Crippen molar-refractivity contribution < 1.29 is 22.7 Å². The number of hydrogen-bond donors (Lipinski definition) is 2. The van der Waals surface area contributed by atoms with Crippen molar-refractivity contribution in [2.75, 3.05) is 26.2 Å². The zero-order chi connectivity index (χ0) is 16.0. The first-order valence-corrected chi connectivity index (χ1v) is 6.90. The van der Waals surface area contributed by atoms with Crippen molar-refractivity contribution in [2.24, 2.45) is 0 Å². The third kappa shape index (κ3) is 6.50. The summed E-state index contributed by atoms with van der Waals surface area (Å²) in [6.45, 7) is 1.79. The average Bonchev–Trinajstić information content (AvgIpc) is 2.51. The third-order valence-electron chi connectivity index (χ3n) is 3.20. The second-order valence-corrected chi connectivity index (χ2v) is 4.91. The van der Waals surface area contributed by atoms with Crippen LogP contribution < -0.4 is 15.4 Å². The van der Waals surface area contributed by atoms with Crippen LogP contribution in [0.25, 0.3) is 0 Å². The Morgan fingerprint density at radius 2 is 2.13 bits per heavy atom. The fourth-order valence-corrected chi connectivity index (χ4v) is 2.00. The van der Waals surface area contributed by atoms with Crippen molar-refractivity contribution in [3.8, 4) is 5.75 Å². The number of rotatable bonds is 5. The molecule has 4 nitrogen and oxygen atoms in total. The maximum Gasteiger partial charge on any atom is 0.416 e. The summed E-state index contributed by atoms with van der Waals surface area (Å²) in [5, 5.41) is 5.85. The molecule has 1 aromatic rings. The highest BCUT2D eigenvalue weighted by molar-refractivity contribution is 5.85. The van der Waals surface area contributed by atoms with Crippen LogP contribution in [-0.4, -0.2) is 32.1 Å². The summed E-state index contributed by atoms with van der Waals surface area (Å²) in [6.07, 6.45) is -1.55. The largest absolute Gasteiger partial charge is 0.484 e. The van der Waals surface area contributed by atoms with Crippen molar-refractivity contribution in [1.82, 2.24) is 10.6 Å². The van der Waals surface area contributed by atoms with Gasteiger partial charge in [0.15, 0.2) is 6.61 Å². The Hall–Kier alpha value is -1.73. The smallest absolute Gasteiger partial charge is 0.416 e. The van der Waals surface area contributed by atoms with Crippen LogP contribution in [0.15, 0.2) is 35.9 Å². The van der Waals surface area contributed by atoms with Gasteiger partial charge in [-0.2, -0.15) is 13.2 Å². The summed E-state index contributed by atoms with van der Waals surface area (Å²) in [6, 6.07) is 4.47. The minimum atomic E-state index is -4.43. The van der Waals surface area contributed by atoms with Crippen LogP contribution in [0, 0.1) is 0 Å². The number of benzene rings is 1. The van der Waals surface area contributed by atoms with Crippen LogP contribution in [-0.2, 0) is 11.0 Å². The van der Waals surface area contributed by atoms with E-state index in [4.69, 9.17) is 4.74 Å². The molecule has 0 atom stereocenters. The second kappa shape index (κ2) is 8.79. The molecule has 128 valence electrons. The molecule has 0 aromatic heterocycles. The van der Waals surface area contributed by atoms with Crippen molar-refractivity contribution in [2.45, 2.75) is 12.6 Å². The van der Waals surface area contributed by atoms with Crippen molar-refractivity contribution in [3.63, 3.8) is 0 Å². The maximum atomic E-state index is 12.5. The molecule has 1 aliphatic rings. The summed E-state index contributed by atoms with van der Waals surface area (Å²) in [5.74, 6) is -0.345. The number of hydrogen-bond acceptors (Lipinski definition) is 3. The highest BCUT2D eigenvalue weighted by atomic mass is 35.5. The van der Waals surface area contributed by atoms with Gasteiger partial charge in [0.1, 0.15) is 5.75 Å². The number of halogens is 4. The zero-order valence-corrected chi connectivity index (χ0v) is 13.1. The molecule has 0 fully saturated rings. The molecule has 0 saturated heterocycles. The van der Waals surface area contributed by atoms with E-state index < -0.39 is 11.7 Å². The molecule has 0 saturated carbocycles. The van der Waals surface area contributed by atoms with Gasteiger partial charge in [-0.1, -0.05) is 17.7 Å². The lowest BCUT2D eigenvalue weighted by Crippen LogP contribution is -2.32. The first-order valence-electron chi connectivity index (χ1n) is 6.90. The Kier molecular flexibility index (Phi) is 7.38. The fraction of sp³-hybridized carbons (Fsp3) is 0.400. The SMILES string of the molecule is Cl.O=C(COc1cccc(C(F)(F)F)c1)NCC1=CCNCC1. The van der Waals surface area contributed by atoms with Crippen LogP contribution in [0.1, 0.15) is 12.0 Å². The highest BCUT2D eigenvalue weighted by Crippen LogP contribution is 2.31. The number of carbonyl (C=O) groups is 1. The lowest BCUT2D eigenvalue weighted by atomic mass is 10.1. The predicted molar refractivity (Wildman–Crippen MR) is 82.8 cm³/mol. The second-order valence-electron chi connectivity index (χ2n) is 4.91. The molecular formula is C15H18ClF3N2O2. The Bertz CT molecular complexity index is 562. The van der Waals surface area contributed by atoms with Gasteiger partial charge >= 0.3 is 6.18 Å². The van der Waals surface area contributed by atoms with Crippen LogP contribution in [0.4, 0.5) is 13.2 Å². The Morgan fingerprint density at radius 1 is 1.35 bits per heavy atom. The molecule has 0 radical (unpaired) electrons. The van der Waals surface area contributed by atoms with E-state index in [0.717, 1.165) is 37.2 Å². The fourth-order valence-electron chi connectivity index (χ4n) is 2.00. The van der Waals surface area contributed by atoms with Crippen LogP contribution in [0.2, 0.25) is 0 Å². The lowest BCUT2D eigenvalue weighted by molar-refractivity contribution is -0.137. The normalized spacial score (nSPS) is 14.5. The number of carbonyl (C=O) groups excluding carboxylic acids is 1. The van der Waals surface area contributed by atoms with Gasteiger partial charge in [-0.15, -0.1) is 12.4 Å². The van der Waals surface area contributed by atoms with Gasteiger partial charge in [-0.25, -0.2) is 0 Å². The van der Waals surface area contributed by atoms with E-state index in [1.165, 1.54) is 12.1 Å². The van der Waals surface area contributed by atoms with Gasteiger partial charge in [0.25, 0.3) is 5.91 Å². The van der Waals surface area contributed by atoms with Gasteiger partial charge in [-0.3, -0.25) is 4.79 Å². The summed E-state index contributed by atoms with van der Waals surface area (Å²) < 4.78 is 42.7. The van der Waals surface area contributed by atoms with Gasteiger partial charge in [0.05, 0.1) is 5.56 Å². The zero-order valence-electron chi connectivity index (χ0n) is 12.3. The van der Waals surface area contributed by atoms with Gasteiger partial charge in [0.2, 0.25) is 0 Å². The topological polar surface area (TPSA) is 50.4 Å². The monoisotopic (exact) mass is 350 g/mol. The Labute approximate surface area is 138 Å². The molecule has 23 heavy (non-hydrogen) atoms. The standard InChI is InChI=1S/C15H17F3N2O2.ClH/c16-15(17,18)12-2-1-3-13(8-12)22-10-14(21)20-9-11-4-6-19-7-5-11;/h1-4,8,19H,5-7,9-10H2,(H,20,21);1H.